The molecule has 0 atom stereocenters. The van der Waals surface area contributed by atoms with Crippen molar-refractivity contribution in [3.8, 4) is 0 Å². The molecule has 0 spiro atoms. The van der Waals surface area contributed by atoms with E-state index in [-0.39, 0.29) is 17.2 Å². The molecule has 0 saturated carbocycles. The Bertz CT molecular complexity index is 379. The van der Waals surface area contributed by atoms with Crippen molar-refractivity contribution >= 4 is 33.4 Å². The van der Waals surface area contributed by atoms with Crippen molar-refractivity contribution in [3.63, 3.8) is 0 Å². The Morgan fingerprint density at radius 2 is 2.19 bits per heavy atom. The van der Waals surface area contributed by atoms with Crippen molar-refractivity contribution in [2.24, 2.45) is 0 Å². The molecule has 0 aliphatic heterocycles. The van der Waals surface area contributed by atoms with Crippen LogP contribution in [0, 0.1) is 0 Å². The average Bonchev–Trinajstić information content (AvgIpc) is 2.26. The zero-order valence-electron chi connectivity index (χ0n) is 9.39. The van der Waals surface area contributed by atoms with Crippen LogP contribution >= 0.6 is 27.5 Å². The summed E-state index contributed by atoms with van der Waals surface area (Å²) >= 11 is 8.87. The van der Waals surface area contributed by atoms with E-state index in [9.17, 15) is 4.79 Å². The summed E-state index contributed by atoms with van der Waals surface area (Å²) in [5, 5.41) is 2.80. The minimum Gasteiger partial charge on any atom is -0.354 e. The van der Waals surface area contributed by atoms with Crippen LogP contribution in [-0.4, -0.2) is 18.3 Å². The van der Waals surface area contributed by atoms with E-state index in [1.807, 2.05) is 12.1 Å². The fraction of sp³-hybridized carbons (Fsp3) is 0.417. The molecule has 0 bridgehead atoms. The minimum atomic E-state index is -0.135. The molecule has 16 heavy (non-hydrogen) atoms. The van der Waals surface area contributed by atoms with Gasteiger partial charge < -0.3 is 5.32 Å². The number of hydrogen-bond acceptors (Lipinski definition) is 1. The number of halogens is 2. The molecular formula is C12H15BrClNO. The zero-order chi connectivity index (χ0) is 12.2. The van der Waals surface area contributed by atoms with Gasteiger partial charge in [-0.1, -0.05) is 41.9 Å². The molecule has 88 valence electrons. The van der Waals surface area contributed by atoms with E-state index in [1.54, 1.807) is 0 Å². The van der Waals surface area contributed by atoms with Crippen LogP contribution in [0.4, 0.5) is 0 Å². The summed E-state index contributed by atoms with van der Waals surface area (Å²) in [5.41, 5.74) is 1.07. The van der Waals surface area contributed by atoms with E-state index in [2.05, 4.69) is 47.2 Å². The number of amides is 1. The van der Waals surface area contributed by atoms with Crippen LogP contribution in [0.1, 0.15) is 19.4 Å². The lowest BCUT2D eigenvalue weighted by Crippen LogP contribution is -2.37. The average molecular weight is 305 g/mol. The first-order chi connectivity index (χ1) is 7.45. The number of hydrogen-bond donors (Lipinski definition) is 1. The molecule has 0 saturated heterocycles. The van der Waals surface area contributed by atoms with E-state index in [0.717, 1.165) is 4.47 Å². The monoisotopic (exact) mass is 303 g/mol. The standard InChI is InChI=1S/C12H15BrClNO/c1-12(2,8-15-11(16)7-14)9-4-3-5-10(13)6-9/h3-6H,7-8H2,1-2H3,(H,15,16). The highest BCUT2D eigenvalue weighted by atomic mass is 79.9. The highest BCUT2D eigenvalue weighted by molar-refractivity contribution is 9.10. The van der Waals surface area contributed by atoms with E-state index in [4.69, 9.17) is 11.6 Å². The number of nitrogens with one attached hydrogen (secondary N) is 1. The Morgan fingerprint density at radius 1 is 1.50 bits per heavy atom. The van der Waals surface area contributed by atoms with Gasteiger partial charge >= 0.3 is 0 Å². The van der Waals surface area contributed by atoms with E-state index < -0.39 is 0 Å². The van der Waals surface area contributed by atoms with E-state index in [1.165, 1.54) is 5.56 Å². The first kappa shape index (κ1) is 13.5. The Balaban J connectivity index is 2.73. The third-order valence-corrected chi connectivity index (χ3v) is 3.19. The molecule has 0 heterocycles. The summed E-state index contributed by atoms with van der Waals surface area (Å²) in [7, 11) is 0. The predicted molar refractivity (Wildman–Crippen MR) is 70.9 cm³/mol. The molecule has 1 rings (SSSR count). The first-order valence-corrected chi connectivity index (χ1v) is 6.37. The van der Waals surface area contributed by atoms with Gasteiger partial charge in [-0.05, 0) is 17.7 Å². The largest absolute Gasteiger partial charge is 0.354 e. The van der Waals surface area contributed by atoms with Crippen LogP contribution in [0.2, 0.25) is 0 Å². The number of rotatable bonds is 4. The molecule has 4 heteroatoms. The van der Waals surface area contributed by atoms with Crippen molar-refractivity contribution in [1.82, 2.24) is 5.32 Å². The third-order valence-electron chi connectivity index (χ3n) is 2.45. The van der Waals surface area contributed by atoms with Crippen LogP contribution in [-0.2, 0) is 10.2 Å². The highest BCUT2D eigenvalue weighted by Gasteiger charge is 2.21. The molecule has 0 aromatic heterocycles. The highest BCUT2D eigenvalue weighted by Crippen LogP contribution is 2.24. The fourth-order valence-electron chi connectivity index (χ4n) is 1.38. The molecule has 1 amide bonds. The summed E-state index contributed by atoms with van der Waals surface area (Å²) in [4.78, 5) is 11.1. The van der Waals surface area contributed by atoms with Crippen LogP contribution in [0.25, 0.3) is 0 Å². The Hall–Kier alpha value is -0.540. The predicted octanol–water partition coefficient (Wildman–Crippen LogP) is 3.08. The summed E-state index contributed by atoms with van der Waals surface area (Å²) in [6, 6.07) is 8.09. The quantitative estimate of drug-likeness (QED) is 0.851. The molecule has 1 N–H and O–H groups in total. The molecule has 0 aliphatic rings. The fourth-order valence-corrected chi connectivity index (χ4v) is 1.87. The van der Waals surface area contributed by atoms with Crippen LogP contribution in [0.3, 0.4) is 0 Å². The Kier molecular flexibility index (Phi) is 4.81. The Morgan fingerprint density at radius 3 is 2.75 bits per heavy atom. The summed E-state index contributed by atoms with van der Waals surface area (Å²) < 4.78 is 1.04. The van der Waals surface area contributed by atoms with Crippen LogP contribution in [0.5, 0.6) is 0 Å². The van der Waals surface area contributed by atoms with Gasteiger partial charge in [-0.15, -0.1) is 11.6 Å². The smallest absolute Gasteiger partial charge is 0.234 e. The van der Waals surface area contributed by atoms with Crippen molar-refractivity contribution in [2.75, 3.05) is 12.4 Å². The topological polar surface area (TPSA) is 29.1 Å². The maximum atomic E-state index is 11.1. The molecule has 0 fully saturated rings. The lowest BCUT2D eigenvalue weighted by Gasteiger charge is -2.25. The number of carbonyl (C=O) groups is 1. The van der Waals surface area contributed by atoms with Gasteiger partial charge in [0.2, 0.25) is 5.91 Å². The normalized spacial score (nSPS) is 11.2. The van der Waals surface area contributed by atoms with Gasteiger partial charge in [0.25, 0.3) is 0 Å². The molecule has 0 aliphatic carbocycles. The SMILES string of the molecule is CC(C)(CNC(=O)CCl)c1cccc(Br)c1. The van der Waals surface area contributed by atoms with Crippen molar-refractivity contribution < 1.29 is 4.79 Å². The molecule has 0 radical (unpaired) electrons. The van der Waals surface area contributed by atoms with Gasteiger partial charge in [-0.2, -0.15) is 0 Å². The van der Waals surface area contributed by atoms with E-state index >= 15 is 0 Å². The Labute approximate surface area is 110 Å². The number of alkyl halides is 1. The lowest BCUT2D eigenvalue weighted by molar-refractivity contribution is -0.118. The summed E-state index contributed by atoms with van der Waals surface area (Å²) in [5.74, 6) is -0.126. The molecule has 1 aromatic carbocycles. The van der Waals surface area contributed by atoms with Gasteiger partial charge in [0.1, 0.15) is 5.88 Å². The zero-order valence-corrected chi connectivity index (χ0v) is 11.7. The van der Waals surface area contributed by atoms with Gasteiger partial charge in [-0.3, -0.25) is 4.79 Å². The van der Waals surface area contributed by atoms with Gasteiger partial charge in [0.15, 0.2) is 0 Å². The van der Waals surface area contributed by atoms with Gasteiger partial charge in [0.05, 0.1) is 0 Å². The molecule has 2 nitrogen and oxygen atoms in total. The van der Waals surface area contributed by atoms with Gasteiger partial charge in [0, 0.05) is 16.4 Å². The summed E-state index contributed by atoms with van der Waals surface area (Å²) in [6.45, 7) is 4.75. The number of benzene rings is 1. The maximum Gasteiger partial charge on any atom is 0.234 e. The second-order valence-electron chi connectivity index (χ2n) is 4.30. The number of carbonyl (C=O) groups excluding carboxylic acids is 1. The van der Waals surface area contributed by atoms with Crippen LogP contribution in [0.15, 0.2) is 28.7 Å². The maximum absolute atomic E-state index is 11.1. The van der Waals surface area contributed by atoms with Crippen molar-refractivity contribution in [1.29, 1.82) is 0 Å². The van der Waals surface area contributed by atoms with Gasteiger partial charge in [-0.25, -0.2) is 0 Å². The molecular weight excluding hydrogens is 289 g/mol. The molecule has 1 aromatic rings. The third kappa shape index (κ3) is 3.80. The lowest BCUT2D eigenvalue weighted by atomic mass is 9.84. The van der Waals surface area contributed by atoms with Crippen molar-refractivity contribution in [2.45, 2.75) is 19.3 Å². The second-order valence-corrected chi connectivity index (χ2v) is 5.49. The van der Waals surface area contributed by atoms with Crippen LogP contribution < -0.4 is 5.32 Å². The first-order valence-electron chi connectivity index (χ1n) is 5.04. The minimum absolute atomic E-state index is 0.00850. The molecule has 0 unspecified atom stereocenters. The summed E-state index contributed by atoms with van der Waals surface area (Å²) in [6.07, 6.45) is 0. The van der Waals surface area contributed by atoms with E-state index in [0.29, 0.717) is 6.54 Å². The van der Waals surface area contributed by atoms with Crippen molar-refractivity contribution in [3.05, 3.63) is 34.3 Å². The second kappa shape index (κ2) is 5.69.